The second kappa shape index (κ2) is 10.7. The lowest BCUT2D eigenvalue weighted by atomic mass is 10.1. The molecule has 180 valence electrons. The Kier molecular flexibility index (Phi) is 8.13. The summed E-state index contributed by atoms with van der Waals surface area (Å²) >= 11 is 0. The van der Waals surface area contributed by atoms with Gasteiger partial charge in [-0.15, -0.1) is 0 Å². The highest BCUT2D eigenvalue weighted by molar-refractivity contribution is 7.89. The average Bonchev–Trinajstić information content (AvgIpc) is 3.32. The van der Waals surface area contributed by atoms with E-state index in [0.29, 0.717) is 12.1 Å². The molecule has 8 heteroatoms. The van der Waals surface area contributed by atoms with Crippen LogP contribution in [0, 0.1) is 11.7 Å². The first kappa shape index (κ1) is 25.2. The van der Waals surface area contributed by atoms with Gasteiger partial charge < -0.3 is 10.2 Å². The molecule has 1 saturated carbocycles. The molecule has 1 aliphatic carbocycles. The summed E-state index contributed by atoms with van der Waals surface area (Å²) < 4.78 is 41.8. The first-order chi connectivity index (χ1) is 15.6. The second-order valence-corrected chi connectivity index (χ2v) is 10.9. The number of hydrogen-bond acceptors (Lipinski definition) is 4. The lowest BCUT2D eigenvalue weighted by Crippen LogP contribution is -2.38. The average molecular weight is 476 g/mol. The minimum absolute atomic E-state index is 0.0220. The summed E-state index contributed by atoms with van der Waals surface area (Å²) in [6.07, 6.45) is 4.59. The molecule has 0 aliphatic heterocycles. The van der Waals surface area contributed by atoms with Crippen molar-refractivity contribution in [2.24, 2.45) is 5.92 Å². The molecule has 0 heterocycles. The number of nitrogens with zero attached hydrogens (tertiary/aromatic N) is 2. The van der Waals surface area contributed by atoms with Crippen LogP contribution in [0.2, 0.25) is 0 Å². The number of rotatable bonds is 9. The molecule has 1 fully saturated rings. The van der Waals surface area contributed by atoms with E-state index in [-0.39, 0.29) is 29.3 Å². The Labute approximate surface area is 196 Å². The Hall–Kier alpha value is -2.45. The molecule has 0 aromatic heterocycles. The monoisotopic (exact) mass is 475 g/mol. The van der Waals surface area contributed by atoms with Crippen molar-refractivity contribution in [2.75, 3.05) is 24.3 Å². The Morgan fingerprint density at radius 2 is 1.76 bits per heavy atom. The van der Waals surface area contributed by atoms with Crippen LogP contribution in [0.5, 0.6) is 0 Å². The molecule has 0 spiro atoms. The minimum atomic E-state index is -3.86. The van der Waals surface area contributed by atoms with E-state index in [1.807, 2.05) is 51.0 Å². The number of benzene rings is 2. The highest BCUT2D eigenvalue weighted by Gasteiger charge is 2.30. The molecule has 2 aromatic carbocycles. The SMILES string of the molecule is CCC(C)N(Cc1cc(NC(=O)C2CCCC2)ccc1N(C)C)S(=O)(=O)c1ccc(F)cc1. The molecule has 1 aliphatic rings. The van der Waals surface area contributed by atoms with Crippen molar-refractivity contribution in [1.29, 1.82) is 0 Å². The maximum absolute atomic E-state index is 13.5. The molecule has 0 bridgehead atoms. The maximum Gasteiger partial charge on any atom is 0.243 e. The van der Waals surface area contributed by atoms with Gasteiger partial charge in [0.2, 0.25) is 15.9 Å². The van der Waals surface area contributed by atoms with Crippen molar-refractivity contribution in [2.45, 2.75) is 63.4 Å². The second-order valence-electron chi connectivity index (χ2n) is 8.97. The molecular weight excluding hydrogens is 441 g/mol. The van der Waals surface area contributed by atoms with Gasteiger partial charge >= 0.3 is 0 Å². The third-order valence-corrected chi connectivity index (χ3v) is 8.36. The van der Waals surface area contributed by atoms with Crippen molar-refractivity contribution in [3.8, 4) is 0 Å². The number of anilines is 2. The summed E-state index contributed by atoms with van der Waals surface area (Å²) in [6.45, 7) is 3.93. The van der Waals surface area contributed by atoms with E-state index in [4.69, 9.17) is 0 Å². The van der Waals surface area contributed by atoms with Crippen LogP contribution in [0.3, 0.4) is 0 Å². The fraction of sp³-hybridized carbons (Fsp3) is 0.480. The van der Waals surface area contributed by atoms with Crippen molar-refractivity contribution >= 4 is 27.3 Å². The number of sulfonamides is 1. The zero-order valence-corrected chi connectivity index (χ0v) is 20.7. The third kappa shape index (κ3) is 5.92. The largest absolute Gasteiger partial charge is 0.377 e. The molecule has 0 saturated heterocycles. The number of carbonyl (C=O) groups excluding carboxylic acids is 1. The van der Waals surface area contributed by atoms with Crippen LogP contribution in [0.1, 0.15) is 51.5 Å². The van der Waals surface area contributed by atoms with Crippen molar-refractivity contribution in [3.05, 3.63) is 53.8 Å². The topological polar surface area (TPSA) is 69.7 Å². The molecule has 1 amide bonds. The highest BCUT2D eigenvalue weighted by atomic mass is 32.2. The summed E-state index contributed by atoms with van der Waals surface area (Å²) in [5.41, 5.74) is 2.32. The molecule has 1 atom stereocenters. The quantitative estimate of drug-likeness (QED) is 0.554. The number of nitrogens with one attached hydrogen (secondary N) is 1. The summed E-state index contributed by atoms with van der Waals surface area (Å²) in [4.78, 5) is 14.6. The van der Waals surface area contributed by atoms with Gasteiger partial charge in [-0.25, -0.2) is 12.8 Å². The Balaban J connectivity index is 1.95. The maximum atomic E-state index is 13.5. The lowest BCUT2D eigenvalue weighted by Gasteiger charge is -2.30. The van der Waals surface area contributed by atoms with E-state index in [9.17, 15) is 17.6 Å². The first-order valence-corrected chi connectivity index (χ1v) is 13.0. The molecule has 6 nitrogen and oxygen atoms in total. The van der Waals surface area contributed by atoms with E-state index >= 15 is 0 Å². The van der Waals surface area contributed by atoms with Gasteiger partial charge in [0.15, 0.2) is 0 Å². The smallest absolute Gasteiger partial charge is 0.243 e. The zero-order chi connectivity index (χ0) is 24.2. The molecule has 3 rings (SSSR count). The summed E-state index contributed by atoms with van der Waals surface area (Å²) in [5.74, 6) is -0.421. The fourth-order valence-corrected chi connectivity index (χ4v) is 5.93. The van der Waals surface area contributed by atoms with Gasteiger partial charge in [-0.1, -0.05) is 19.8 Å². The van der Waals surface area contributed by atoms with E-state index in [1.165, 1.54) is 16.4 Å². The van der Waals surface area contributed by atoms with Crippen LogP contribution in [0.15, 0.2) is 47.4 Å². The summed E-state index contributed by atoms with van der Waals surface area (Å²) in [6, 6.07) is 10.3. The highest BCUT2D eigenvalue weighted by Crippen LogP contribution is 2.30. The van der Waals surface area contributed by atoms with E-state index in [1.54, 1.807) is 0 Å². The number of hydrogen-bond donors (Lipinski definition) is 1. The van der Waals surface area contributed by atoms with Gasteiger partial charge in [0.25, 0.3) is 0 Å². The standard InChI is InChI=1S/C25H34FN3O3S/c1-5-18(2)29(33(31,32)23-13-10-21(26)11-14-23)17-20-16-22(12-15-24(20)28(3)4)27-25(30)19-8-6-7-9-19/h10-16,18-19H,5-9,17H2,1-4H3,(H,27,30). The van der Waals surface area contributed by atoms with Crippen LogP contribution in [0.4, 0.5) is 15.8 Å². The van der Waals surface area contributed by atoms with Crippen LogP contribution in [0.25, 0.3) is 0 Å². The van der Waals surface area contributed by atoms with Gasteiger partial charge in [0.05, 0.1) is 4.90 Å². The zero-order valence-electron chi connectivity index (χ0n) is 19.8. The number of amides is 1. The predicted octanol–water partition coefficient (Wildman–Crippen LogP) is 5.01. The van der Waals surface area contributed by atoms with Crippen molar-refractivity contribution < 1.29 is 17.6 Å². The van der Waals surface area contributed by atoms with Gasteiger partial charge in [-0.3, -0.25) is 4.79 Å². The Bertz CT molecular complexity index is 1060. The lowest BCUT2D eigenvalue weighted by molar-refractivity contribution is -0.119. The van der Waals surface area contributed by atoms with Crippen molar-refractivity contribution in [1.82, 2.24) is 4.31 Å². The normalized spacial score (nSPS) is 15.6. The van der Waals surface area contributed by atoms with E-state index in [2.05, 4.69) is 5.32 Å². The molecule has 2 aromatic rings. The molecule has 33 heavy (non-hydrogen) atoms. The van der Waals surface area contributed by atoms with Gasteiger partial charge in [-0.05, 0) is 74.2 Å². The van der Waals surface area contributed by atoms with Crippen LogP contribution in [-0.4, -0.2) is 38.8 Å². The van der Waals surface area contributed by atoms with Crippen LogP contribution >= 0.6 is 0 Å². The molecular formula is C25H34FN3O3S. The van der Waals surface area contributed by atoms with Gasteiger partial charge in [0.1, 0.15) is 5.82 Å². The van der Waals surface area contributed by atoms with Gasteiger partial charge in [0, 0.05) is 44.0 Å². The third-order valence-electron chi connectivity index (χ3n) is 6.38. The van der Waals surface area contributed by atoms with Crippen LogP contribution < -0.4 is 10.2 Å². The van der Waals surface area contributed by atoms with Crippen LogP contribution in [-0.2, 0) is 21.4 Å². The Morgan fingerprint density at radius 3 is 2.33 bits per heavy atom. The first-order valence-electron chi connectivity index (χ1n) is 11.5. The number of carbonyl (C=O) groups is 1. The Morgan fingerprint density at radius 1 is 1.12 bits per heavy atom. The molecule has 1 unspecified atom stereocenters. The number of halogens is 1. The summed E-state index contributed by atoms with van der Waals surface area (Å²) in [5, 5.41) is 3.02. The summed E-state index contributed by atoms with van der Waals surface area (Å²) in [7, 11) is -0.0571. The van der Waals surface area contributed by atoms with Gasteiger partial charge in [-0.2, -0.15) is 4.31 Å². The predicted molar refractivity (Wildman–Crippen MR) is 130 cm³/mol. The van der Waals surface area contributed by atoms with E-state index < -0.39 is 15.8 Å². The van der Waals surface area contributed by atoms with Crippen molar-refractivity contribution in [3.63, 3.8) is 0 Å². The fourth-order valence-electron chi connectivity index (χ4n) is 4.25. The molecule has 1 N–H and O–H groups in total. The minimum Gasteiger partial charge on any atom is -0.377 e. The van der Waals surface area contributed by atoms with E-state index in [0.717, 1.165) is 49.1 Å². The molecule has 0 radical (unpaired) electrons.